The number of nitrogens with one attached hydrogen (secondary N) is 1. The van der Waals surface area contributed by atoms with Gasteiger partial charge in [0, 0.05) is 24.8 Å². The molecule has 1 aromatic rings. The summed E-state index contributed by atoms with van der Waals surface area (Å²) in [6.07, 6.45) is 1.57. The zero-order valence-electron chi connectivity index (χ0n) is 10.4. The molecular weight excluding hydrogens is 240 g/mol. The number of aliphatic hydroxyl groups is 1. The number of benzene rings is 1. The van der Waals surface area contributed by atoms with Crippen molar-refractivity contribution < 1.29 is 18.6 Å². The van der Waals surface area contributed by atoms with Crippen molar-refractivity contribution in [1.82, 2.24) is 5.32 Å². The molecule has 1 aromatic carbocycles. The maximum absolute atomic E-state index is 12.2. The molecule has 0 saturated carbocycles. The molecule has 0 radical (unpaired) electrons. The smallest absolute Gasteiger partial charge is 0.387 e. The average molecular weight is 259 g/mol. The molecule has 1 unspecified atom stereocenters. The molecule has 2 N–H and O–H groups in total. The van der Waals surface area contributed by atoms with Crippen LogP contribution >= 0.6 is 0 Å². The van der Waals surface area contributed by atoms with E-state index in [1.807, 2.05) is 6.92 Å². The van der Waals surface area contributed by atoms with Gasteiger partial charge in [-0.2, -0.15) is 8.78 Å². The Kier molecular flexibility index (Phi) is 6.60. The van der Waals surface area contributed by atoms with Crippen molar-refractivity contribution in [3.63, 3.8) is 0 Å². The third kappa shape index (κ3) is 5.42. The van der Waals surface area contributed by atoms with E-state index in [-0.39, 0.29) is 18.4 Å². The average Bonchev–Trinajstić information content (AvgIpc) is 2.34. The summed E-state index contributed by atoms with van der Waals surface area (Å²) in [5.41, 5.74) is 0.702. The van der Waals surface area contributed by atoms with E-state index in [2.05, 4.69) is 10.1 Å². The van der Waals surface area contributed by atoms with Gasteiger partial charge in [0.1, 0.15) is 5.75 Å². The molecule has 0 spiro atoms. The highest BCUT2D eigenvalue weighted by atomic mass is 19.3. The summed E-state index contributed by atoms with van der Waals surface area (Å²) in [6, 6.07) is 6.95. The van der Waals surface area contributed by atoms with Gasteiger partial charge in [-0.1, -0.05) is 18.2 Å². The van der Waals surface area contributed by atoms with Crippen LogP contribution in [0.25, 0.3) is 0 Å². The number of halogens is 2. The topological polar surface area (TPSA) is 41.5 Å². The molecule has 0 bridgehead atoms. The van der Waals surface area contributed by atoms with Crippen molar-refractivity contribution in [2.24, 2.45) is 0 Å². The van der Waals surface area contributed by atoms with Crippen LogP contribution < -0.4 is 10.1 Å². The molecule has 3 nitrogen and oxygen atoms in total. The highest BCUT2D eigenvalue weighted by Crippen LogP contribution is 2.20. The van der Waals surface area contributed by atoms with Crippen molar-refractivity contribution in [3.8, 4) is 5.75 Å². The first kappa shape index (κ1) is 14.9. The summed E-state index contributed by atoms with van der Waals surface area (Å²) in [4.78, 5) is 0. The van der Waals surface area contributed by atoms with Crippen LogP contribution in [0.3, 0.4) is 0 Å². The Hall–Kier alpha value is -1.20. The monoisotopic (exact) mass is 259 g/mol. The lowest BCUT2D eigenvalue weighted by Crippen LogP contribution is -2.26. The van der Waals surface area contributed by atoms with Gasteiger partial charge in [0.05, 0.1) is 0 Å². The normalized spacial score (nSPS) is 12.7. The van der Waals surface area contributed by atoms with E-state index in [9.17, 15) is 8.78 Å². The summed E-state index contributed by atoms with van der Waals surface area (Å²) in [6.45, 7) is -0.184. The Balaban J connectivity index is 2.50. The van der Waals surface area contributed by atoms with Crippen LogP contribution in [0, 0.1) is 0 Å². The van der Waals surface area contributed by atoms with Gasteiger partial charge in [0.25, 0.3) is 0 Å². The fourth-order valence-corrected chi connectivity index (χ4v) is 1.64. The molecule has 0 aliphatic carbocycles. The first-order chi connectivity index (χ1) is 8.63. The Morgan fingerprint density at radius 1 is 1.33 bits per heavy atom. The first-order valence-corrected chi connectivity index (χ1v) is 6.00. The maximum Gasteiger partial charge on any atom is 0.387 e. The van der Waals surface area contributed by atoms with Gasteiger partial charge >= 0.3 is 6.61 Å². The summed E-state index contributed by atoms with van der Waals surface area (Å²) < 4.78 is 28.8. The van der Waals surface area contributed by atoms with E-state index in [0.29, 0.717) is 12.1 Å². The predicted molar refractivity (Wildman–Crippen MR) is 65.7 cm³/mol. The predicted octanol–water partition coefficient (Wildman–Crippen LogP) is 2.54. The molecule has 0 heterocycles. The molecule has 0 amide bonds. The van der Waals surface area contributed by atoms with Crippen LogP contribution in [-0.4, -0.2) is 24.4 Å². The summed E-state index contributed by atoms with van der Waals surface area (Å²) in [5.74, 6) is 0.203. The van der Waals surface area contributed by atoms with Crippen molar-refractivity contribution in [3.05, 3.63) is 29.8 Å². The van der Waals surface area contributed by atoms with Gasteiger partial charge in [-0.25, -0.2) is 0 Å². The largest absolute Gasteiger partial charge is 0.434 e. The number of rotatable bonds is 8. The number of hydrogen-bond donors (Lipinski definition) is 2. The van der Waals surface area contributed by atoms with Crippen molar-refractivity contribution in [2.45, 2.75) is 39.0 Å². The summed E-state index contributed by atoms with van der Waals surface area (Å²) >= 11 is 0. The van der Waals surface area contributed by atoms with Gasteiger partial charge in [-0.3, -0.25) is 0 Å². The quantitative estimate of drug-likeness (QED) is 0.754. The molecule has 5 heteroatoms. The SMILES string of the molecule is CC(CCCO)NCc1ccccc1OC(F)F. The number of hydrogen-bond acceptors (Lipinski definition) is 3. The zero-order valence-corrected chi connectivity index (χ0v) is 10.4. The summed E-state index contributed by atoms with van der Waals surface area (Å²) in [7, 11) is 0. The highest BCUT2D eigenvalue weighted by molar-refractivity contribution is 5.33. The lowest BCUT2D eigenvalue weighted by molar-refractivity contribution is -0.0505. The molecular formula is C13H19F2NO2. The van der Waals surface area contributed by atoms with E-state index >= 15 is 0 Å². The Morgan fingerprint density at radius 2 is 2.06 bits per heavy atom. The standard InChI is InChI=1S/C13H19F2NO2/c1-10(5-4-8-17)16-9-11-6-2-3-7-12(11)18-13(14)15/h2-3,6-7,10,13,16-17H,4-5,8-9H2,1H3. The van der Waals surface area contributed by atoms with Gasteiger partial charge < -0.3 is 15.2 Å². The molecule has 0 saturated heterocycles. The molecule has 0 aliphatic heterocycles. The van der Waals surface area contributed by atoms with Crippen molar-refractivity contribution in [2.75, 3.05) is 6.61 Å². The zero-order chi connectivity index (χ0) is 13.4. The van der Waals surface area contributed by atoms with Crippen LogP contribution in [0.4, 0.5) is 8.78 Å². The second-order valence-electron chi connectivity index (χ2n) is 4.13. The van der Waals surface area contributed by atoms with E-state index in [1.54, 1.807) is 18.2 Å². The van der Waals surface area contributed by atoms with Crippen molar-refractivity contribution in [1.29, 1.82) is 0 Å². The lowest BCUT2D eigenvalue weighted by atomic mass is 10.1. The first-order valence-electron chi connectivity index (χ1n) is 6.00. The molecule has 0 aromatic heterocycles. The molecule has 18 heavy (non-hydrogen) atoms. The van der Waals surface area contributed by atoms with Gasteiger partial charge in [0.2, 0.25) is 0 Å². The number of aliphatic hydroxyl groups excluding tert-OH is 1. The van der Waals surface area contributed by atoms with Gasteiger partial charge in [0.15, 0.2) is 0 Å². The number of ether oxygens (including phenoxy) is 1. The van der Waals surface area contributed by atoms with Crippen LogP contribution in [0.2, 0.25) is 0 Å². The summed E-state index contributed by atoms with van der Waals surface area (Å²) in [5, 5.41) is 11.9. The van der Waals surface area contributed by atoms with Gasteiger partial charge in [-0.15, -0.1) is 0 Å². The van der Waals surface area contributed by atoms with Crippen LogP contribution in [-0.2, 0) is 6.54 Å². The van der Waals surface area contributed by atoms with Crippen LogP contribution in [0.1, 0.15) is 25.3 Å². The highest BCUT2D eigenvalue weighted by Gasteiger charge is 2.09. The minimum absolute atomic E-state index is 0.164. The minimum Gasteiger partial charge on any atom is -0.434 e. The molecule has 1 atom stereocenters. The molecule has 1 rings (SSSR count). The second-order valence-corrected chi connectivity index (χ2v) is 4.13. The molecule has 0 fully saturated rings. The Labute approximate surface area is 106 Å². The molecule has 102 valence electrons. The van der Waals surface area contributed by atoms with Crippen molar-refractivity contribution >= 4 is 0 Å². The minimum atomic E-state index is -2.81. The van der Waals surface area contributed by atoms with E-state index < -0.39 is 6.61 Å². The van der Waals surface area contributed by atoms with Crippen LogP contribution in [0.5, 0.6) is 5.75 Å². The fourth-order valence-electron chi connectivity index (χ4n) is 1.64. The number of para-hydroxylation sites is 1. The third-order valence-electron chi connectivity index (χ3n) is 2.62. The molecule has 0 aliphatic rings. The van der Waals surface area contributed by atoms with Gasteiger partial charge in [-0.05, 0) is 25.8 Å². The van der Waals surface area contributed by atoms with Crippen LogP contribution in [0.15, 0.2) is 24.3 Å². The van der Waals surface area contributed by atoms with E-state index in [4.69, 9.17) is 5.11 Å². The Morgan fingerprint density at radius 3 is 2.72 bits per heavy atom. The van der Waals surface area contributed by atoms with E-state index in [0.717, 1.165) is 12.8 Å². The van der Waals surface area contributed by atoms with E-state index in [1.165, 1.54) is 6.07 Å². The number of alkyl halides is 2. The second kappa shape index (κ2) is 8.00. The Bertz CT molecular complexity index is 348. The lowest BCUT2D eigenvalue weighted by Gasteiger charge is -2.15. The maximum atomic E-state index is 12.2. The fraction of sp³-hybridized carbons (Fsp3) is 0.538. The third-order valence-corrected chi connectivity index (χ3v) is 2.62.